The van der Waals surface area contributed by atoms with Gasteiger partial charge in [-0.2, -0.15) is 0 Å². The van der Waals surface area contributed by atoms with Gasteiger partial charge in [-0.15, -0.1) is 0 Å². The van der Waals surface area contributed by atoms with Crippen LogP contribution in [0.25, 0.3) is 0 Å². The number of hydrogen-bond donors (Lipinski definition) is 1. The van der Waals surface area contributed by atoms with E-state index in [0.29, 0.717) is 26.4 Å². The van der Waals surface area contributed by atoms with Gasteiger partial charge in [-0.05, 0) is 6.42 Å². The lowest BCUT2D eigenvalue weighted by Gasteiger charge is -2.40. The van der Waals surface area contributed by atoms with E-state index >= 15 is 0 Å². The maximum Gasteiger partial charge on any atom is 0.472 e. The van der Waals surface area contributed by atoms with Crippen molar-refractivity contribution in [3.8, 4) is 0 Å². The van der Waals surface area contributed by atoms with Crippen LogP contribution in [0.5, 0.6) is 0 Å². The molecule has 1 saturated heterocycles. The number of phosphoric acid groups is 1. The van der Waals surface area contributed by atoms with Gasteiger partial charge >= 0.3 is 7.82 Å². The summed E-state index contributed by atoms with van der Waals surface area (Å²) in [6, 6.07) is 0. The number of ether oxygens (including phenoxy) is 2. The number of quaternary nitrogens is 1. The number of likely N-dealkylation sites (tertiary alicyclic amines) is 1. The largest absolute Gasteiger partial charge is 0.472 e. The highest BCUT2D eigenvalue weighted by atomic mass is 31.2. The van der Waals surface area contributed by atoms with Crippen molar-refractivity contribution in [1.82, 2.24) is 0 Å². The molecule has 0 aliphatic carbocycles. The molecule has 0 bridgehead atoms. The fourth-order valence-electron chi connectivity index (χ4n) is 5.07. The molecule has 1 heterocycles. The Hall–Kier alpha value is -0.0100. The molecule has 0 aromatic rings. The molecule has 222 valence electrons. The van der Waals surface area contributed by atoms with Gasteiger partial charge in [-0.1, -0.05) is 103 Å². The van der Waals surface area contributed by atoms with E-state index in [4.69, 9.17) is 18.5 Å². The third-order valence-corrected chi connectivity index (χ3v) is 8.80. The first kappa shape index (κ1) is 35.0. The summed E-state index contributed by atoms with van der Waals surface area (Å²) < 4.78 is 34.6. The Labute approximate surface area is 229 Å². The van der Waals surface area contributed by atoms with Crippen molar-refractivity contribution < 1.29 is 32.5 Å². The van der Waals surface area contributed by atoms with Gasteiger partial charge in [0.25, 0.3) is 0 Å². The Balaban J connectivity index is 1.92. The Kier molecular flexibility index (Phi) is 21.5. The fraction of sp³-hybridized carbons (Fsp3) is 1.00. The zero-order valence-electron chi connectivity index (χ0n) is 24.6. The average Bonchev–Trinajstić information content (AvgIpc) is 2.87. The monoisotopic (exact) mass is 550 g/mol. The number of nitrogens with zero attached hydrogens (tertiary/aromatic N) is 1. The van der Waals surface area contributed by atoms with Crippen LogP contribution in [0.15, 0.2) is 0 Å². The van der Waals surface area contributed by atoms with Crippen LogP contribution in [0.1, 0.15) is 122 Å². The lowest BCUT2D eigenvalue weighted by molar-refractivity contribution is -0.915. The summed E-state index contributed by atoms with van der Waals surface area (Å²) in [5.41, 5.74) is 0. The van der Waals surface area contributed by atoms with Crippen LogP contribution in [0.2, 0.25) is 0 Å². The number of unbranched alkanes of at least 4 members (excludes halogenated alkanes) is 15. The molecule has 0 spiro atoms. The summed E-state index contributed by atoms with van der Waals surface area (Å²) in [4.78, 5) is 10.1. The van der Waals surface area contributed by atoms with Crippen LogP contribution in [-0.4, -0.2) is 75.7 Å². The molecule has 0 aromatic heterocycles. The number of likely N-dealkylation sites (N-methyl/N-ethyl adjacent to an activating group) is 1. The molecule has 1 aliphatic heterocycles. The van der Waals surface area contributed by atoms with E-state index in [2.05, 4.69) is 14.0 Å². The quantitative estimate of drug-likeness (QED) is 0.0677. The molecule has 0 aromatic carbocycles. The molecule has 1 unspecified atom stereocenters. The third kappa shape index (κ3) is 20.5. The van der Waals surface area contributed by atoms with Crippen molar-refractivity contribution in [2.24, 2.45) is 0 Å². The van der Waals surface area contributed by atoms with Gasteiger partial charge < -0.3 is 18.9 Å². The van der Waals surface area contributed by atoms with Gasteiger partial charge in [0.05, 0.1) is 52.7 Å². The first-order valence-corrected chi connectivity index (χ1v) is 17.0. The zero-order chi connectivity index (χ0) is 27.1. The minimum Gasteiger partial charge on any atom is -0.382 e. The third-order valence-electron chi connectivity index (χ3n) is 7.72. The lowest BCUT2D eigenvalue weighted by atomic mass is 10.0. The van der Waals surface area contributed by atoms with Crippen LogP contribution >= 0.6 is 7.82 Å². The molecular formula is C29H61NO6P+. The SMILES string of the molecule is CCCCCCCCCCCCCCCCCCOP(=O)(O)OC1CC[N+](C)(CCOCCOC)CC1. The highest BCUT2D eigenvalue weighted by Gasteiger charge is 2.34. The van der Waals surface area contributed by atoms with Gasteiger partial charge in [-0.25, -0.2) is 4.57 Å². The first-order valence-electron chi connectivity index (χ1n) is 15.5. The number of rotatable bonds is 26. The van der Waals surface area contributed by atoms with Crippen LogP contribution in [0.3, 0.4) is 0 Å². The molecule has 1 N–H and O–H groups in total. The lowest BCUT2D eigenvalue weighted by Crippen LogP contribution is -2.52. The predicted octanol–water partition coefficient (Wildman–Crippen LogP) is 7.65. The molecule has 1 rings (SSSR count). The van der Waals surface area contributed by atoms with Crippen molar-refractivity contribution >= 4 is 7.82 Å². The van der Waals surface area contributed by atoms with Crippen molar-refractivity contribution in [2.45, 2.75) is 129 Å². The standard InChI is InChI=1S/C29H60NO6P/c1-4-5-6-7-8-9-10-11-12-13-14-15-16-17-18-19-25-35-37(31,32)36-29-20-22-30(2,23-21-29)24-26-34-28-27-33-3/h29H,4-28H2,1-3H3/p+1. The minimum absolute atomic E-state index is 0.206. The maximum atomic E-state index is 12.4. The maximum absolute atomic E-state index is 12.4. The van der Waals surface area contributed by atoms with Gasteiger partial charge in [-0.3, -0.25) is 9.05 Å². The van der Waals surface area contributed by atoms with Gasteiger partial charge in [0, 0.05) is 20.0 Å². The molecule has 7 nitrogen and oxygen atoms in total. The van der Waals surface area contributed by atoms with E-state index < -0.39 is 7.82 Å². The second kappa shape index (κ2) is 22.8. The van der Waals surface area contributed by atoms with Gasteiger partial charge in [0.1, 0.15) is 6.54 Å². The molecule has 0 amide bonds. The summed E-state index contributed by atoms with van der Waals surface area (Å²) in [6.07, 6.45) is 22.2. The number of methoxy groups -OCH3 is 1. The molecule has 8 heteroatoms. The number of piperidine rings is 1. The Morgan fingerprint density at radius 2 is 1.22 bits per heavy atom. The molecule has 1 fully saturated rings. The van der Waals surface area contributed by atoms with Crippen molar-refractivity contribution in [1.29, 1.82) is 0 Å². The average molecular weight is 551 g/mol. The molecular weight excluding hydrogens is 489 g/mol. The van der Waals surface area contributed by atoms with Gasteiger partial charge in [0.2, 0.25) is 0 Å². The van der Waals surface area contributed by atoms with E-state index in [1.807, 2.05) is 0 Å². The predicted molar refractivity (Wildman–Crippen MR) is 153 cm³/mol. The minimum atomic E-state index is -3.97. The Bertz CT molecular complexity index is 557. The van der Waals surface area contributed by atoms with E-state index in [1.165, 1.54) is 89.9 Å². The van der Waals surface area contributed by atoms with Crippen LogP contribution in [0, 0.1) is 0 Å². The summed E-state index contributed by atoms with van der Waals surface area (Å²) in [7, 11) is -0.0882. The van der Waals surface area contributed by atoms with Crippen LogP contribution in [-0.2, 0) is 23.1 Å². The second-order valence-corrected chi connectivity index (χ2v) is 12.7. The van der Waals surface area contributed by atoms with E-state index in [-0.39, 0.29) is 6.10 Å². The molecule has 0 radical (unpaired) electrons. The molecule has 0 saturated carbocycles. The smallest absolute Gasteiger partial charge is 0.382 e. The van der Waals surface area contributed by atoms with Crippen molar-refractivity contribution in [3.05, 3.63) is 0 Å². The zero-order valence-corrected chi connectivity index (χ0v) is 25.5. The summed E-state index contributed by atoms with van der Waals surface area (Å²) in [5, 5.41) is 0. The van der Waals surface area contributed by atoms with Gasteiger partial charge in [0.15, 0.2) is 0 Å². The second-order valence-electron chi connectivity index (χ2n) is 11.3. The molecule has 1 atom stereocenters. The topological polar surface area (TPSA) is 74.2 Å². The summed E-state index contributed by atoms with van der Waals surface area (Å²) in [5.74, 6) is 0. The number of hydrogen-bond acceptors (Lipinski definition) is 5. The highest BCUT2D eigenvalue weighted by Crippen LogP contribution is 2.46. The van der Waals surface area contributed by atoms with E-state index in [9.17, 15) is 9.46 Å². The van der Waals surface area contributed by atoms with Crippen molar-refractivity contribution in [3.63, 3.8) is 0 Å². The number of phosphoric ester groups is 1. The Morgan fingerprint density at radius 3 is 1.70 bits per heavy atom. The Morgan fingerprint density at radius 1 is 0.730 bits per heavy atom. The van der Waals surface area contributed by atoms with Crippen LogP contribution in [0.4, 0.5) is 0 Å². The summed E-state index contributed by atoms with van der Waals surface area (Å²) in [6.45, 7) is 7.27. The molecule has 1 aliphatic rings. The molecule has 37 heavy (non-hydrogen) atoms. The highest BCUT2D eigenvalue weighted by molar-refractivity contribution is 7.47. The van der Waals surface area contributed by atoms with E-state index in [0.717, 1.165) is 49.8 Å². The van der Waals surface area contributed by atoms with Crippen molar-refractivity contribution in [2.75, 3.05) is 60.2 Å². The normalized spacial score (nSPS) is 21.8. The fourth-order valence-corrected chi connectivity index (χ4v) is 6.08. The van der Waals surface area contributed by atoms with E-state index in [1.54, 1.807) is 7.11 Å². The van der Waals surface area contributed by atoms with Crippen LogP contribution < -0.4 is 0 Å². The summed E-state index contributed by atoms with van der Waals surface area (Å²) >= 11 is 0. The first-order chi connectivity index (χ1) is 17.9.